The van der Waals surface area contributed by atoms with Crippen LogP contribution in [-0.4, -0.2) is 30.9 Å². The van der Waals surface area contributed by atoms with E-state index in [1.807, 2.05) is 0 Å². The highest BCUT2D eigenvalue weighted by molar-refractivity contribution is 9.13. The number of halogens is 4. The molecular formula is C13H8Br2Cl2N6O. The monoisotopic (exact) mass is 492 g/mol. The summed E-state index contributed by atoms with van der Waals surface area (Å²) in [6, 6.07) is 5.26. The number of rotatable bonds is 4. The van der Waals surface area contributed by atoms with E-state index < -0.39 is 5.91 Å². The molecule has 7 nitrogen and oxygen atoms in total. The summed E-state index contributed by atoms with van der Waals surface area (Å²) in [5.41, 5.74) is 0.912. The minimum atomic E-state index is -0.447. The molecule has 24 heavy (non-hydrogen) atoms. The van der Waals surface area contributed by atoms with Crippen LogP contribution in [-0.2, 0) is 6.54 Å². The lowest BCUT2D eigenvalue weighted by Crippen LogP contribution is -2.14. The Hall–Kier alpha value is -1.42. The standard InChI is InChI=1S/C13H8Br2Cl2N6O/c14-9-10(20-21-11(9)15)12(24)19-13-18-5-23(22-13)4-6-7(16)2-1-3-8(6)17/h1-3,5H,4H2,(H,20,21)(H,19,22,24). The van der Waals surface area contributed by atoms with E-state index in [-0.39, 0.29) is 11.6 Å². The quantitative estimate of drug-likeness (QED) is 0.570. The van der Waals surface area contributed by atoms with Gasteiger partial charge in [0.05, 0.1) is 11.0 Å². The van der Waals surface area contributed by atoms with Crippen LogP contribution in [0.15, 0.2) is 33.6 Å². The Kier molecular flexibility index (Phi) is 5.24. The van der Waals surface area contributed by atoms with Gasteiger partial charge >= 0.3 is 0 Å². The SMILES string of the molecule is O=C(Nc1ncn(Cc2c(Cl)cccc2Cl)n1)c1n[nH]c(Br)c1Br. The molecule has 0 bridgehead atoms. The molecule has 0 radical (unpaired) electrons. The second-order valence-corrected chi connectivity index (χ2v) is 7.02. The topological polar surface area (TPSA) is 88.5 Å². The molecule has 0 unspecified atom stereocenters. The van der Waals surface area contributed by atoms with E-state index in [4.69, 9.17) is 23.2 Å². The van der Waals surface area contributed by atoms with Gasteiger partial charge in [-0.1, -0.05) is 29.3 Å². The molecular weight excluding hydrogens is 487 g/mol. The number of amides is 1. The number of anilines is 1. The Morgan fingerprint density at radius 3 is 2.62 bits per heavy atom. The van der Waals surface area contributed by atoms with Crippen molar-refractivity contribution in [1.29, 1.82) is 0 Å². The van der Waals surface area contributed by atoms with E-state index in [9.17, 15) is 4.79 Å². The molecule has 0 saturated carbocycles. The van der Waals surface area contributed by atoms with Crippen LogP contribution in [0.3, 0.4) is 0 Å². The van der Waals surface area contributed by atoms with Crippen molar-refractivity contribution in [2.75, 3.05) is 5.32 Å². The van der Waals surface area contributed by atoms with Crippen LogP contribution >= 0.6 is 55.1 Å². The van der Waals surface area contributed by atoms with Crippen molar-refractivity contribution in [2.24, 2.45) is 0 Å². The molecule has 0 atom stereocenters. The summed E-state index contributed by atoms with van der Waals surface area (Å²) in [5, 5.41) is 14.3. The second kappa shape index (κ2) is 7.22. The maximum absolute atomic E-state index is 12.1. The van der Waals surface area contributed by atoms with Crippen molar-refractivity contribution in [1.82, 2.24) is 25.0 Å². The molecule has 3 rings (SSSR count). The zero-order valence-electron chi connectivity index (χ0n) is 11.7. The third kappa shape index (κ3) is 3.64. The van der Waals surface area contributed by atoms with E-state index in [1.165, 1.54) is 11.0 Å². The summed E-state index contributed by atoms with van der Waals surface area (Å²) in [6.45, 7) is 0.332. The lowest BCUT2D eigenvalue weighted by molar-refractivity contribution is 0.102. The molecule has 0 fully saturated rings. The molecule has 2 N–H and O–H groups in total. The van der Waals surface area contributed by atoms with E-state index >= 15 is 0 Å². The fourth-order valence-electron chi connectivity index (χ4n) is 1.89. The van der Waals surface area contributed by atoms with Gasteiger partial charge in [-0.05, 0) is 44.0 Å². The number of hydrogen-bond acceptors (Lipinski definition) is 4. The average Bonchev–Trinajstić information content (AvgIpc) is 3.11. The molecule has 3 aromatic rings. The predicted octanol–water partition coefficient (Wildman–Crippen LogP) is 4.13. The van der Waals surface area contributed by atoms with Crippen LogP contribution in [0.2, 0.25) is 10.0 Å². The Bertz CT molecular complexity index is 890. The molecule has 0 spiro atoms. The smallest absolute Gasteiger partial charge is 0.279 e. The van der Waals surface area contributed by atoms with Crippen molar-refractivity contribution in [3.63, 3.8) is 0 Å². The summed E-state index contributed by atoms with van der Waals surface area (Å²) in [7, 11) is 0. The zero-order valence-corrected chi connectivity index (χ0v) is 16.4. The highest BCUT2D eigenvalue weighted by Crippen LogP contribution is 2.25. The maximum atomic E-state index is 12.1. The van der Waals surface area contributed by atoms with E-state index in [0.29, 0.717) is 25.7 Å². The van der Waals surface area contributed by atoms with Gasteiger partial charge < -0.3 is 0 Å². The van der Waals surface area contributed by atoms with Gasteiger partial charge in [0.15, 0.2) is 5.69 Å². The summed E-state index contributed by atoms with van der Waals surface area (Å²) in [4.78, 5) is 16.2. The first-order valence-corrected chi connectivity index (χ1v) is 8.83. The first-order valence-electron chi connectivity index (χ1n) is 6.48. The van der Waals surface area contributed by atoms with Crippen LogP contribution in [0.5, 0.6) is 0 Å². The Morgan fingerprint density at radius 1 is 1.29 bits per heavy atom. The summed E-state index contributed by atoms with van der Waals surface area (Å²) in [5.74, 6) is -0.299. The van der Waals surface area contributed by atoms with Crippen LogP contribution in [0, 0.1) is 0 Å². The molecule has 11 heteroatoms. The molecule has 124 valence electrons. The normalized spacial score (nSPS) is 10.8. The molecule has 2 aromatic heterocycles. The molecule has 2 heterocycles. The van der Waals surface area contributed by atoms with Gasteiger partial charge in [0.2, 0.25) is 5.95 Å². The minimum Gasteiger partial charge on any atom is -0.288 e. The fraction of sp³-hybridized carbons (Fsp3) is 0.0769. The molecule has 0 aliphatic heterocycles. The Balaban J connectivity index is 1.74. The molecule has 0 saturated heterocycles. The second-order valence-electron chi connectivity index (χ2n) is 4.62. The van der Waals surface area contributed by atoms with Crippen molar-refractivity contribution in [3.05, 3.63) is 54.9 Å². The minimum absolute atomic E-state index is 0.147. The van der Waals surface area contributed by atoms with Gasteiger partial charge in [-0.15, -0.1) is 5.10 Å². The van der Waals surface area contributed by atoms with Gasteiger partial charge in [-0.3, -0.25) is 15.2 Å². The average molecular weight is 495 g/mol. The van der Waals surface area contributed by atoms with Crippen molar-refractivity contribution >= 4 is 66.9 Å². The highest BCUT2D eigenvalue weighted by atomic mass is 79.9. The lowest BCUT2D eigenvalue weighted by atomic mass is 10.2. The third-order valence-electron chi connectivity index (χ3n) is 3.03. The molecule has 0 aliphatic carbocycles. The highest BCUT2D eigenvalue weighted by Gasteiger charge is 2.18. The first-order chi connectivity index (χ1) is 11.5. The summed E-state index contributed by atoms with van der Waals surface area (Å²) in [6.07, 6.45) is 1.48. The Morgan fingerprint density at radius 2 is 2.00 bits per heavy atom. The third-order valence-corrected chi connectivity index (χ3v) is 5.61. The summed E-state index contributed by atoms with van der Waals surface area (Å²) < 4.78 is 2.61. The van der Waals surface area contributed by atoms with Gasteiger partial charge in [-0.25, -0.2) is 9.67 Å². The first kappa shape index (κ1) is 17.4. The number of aromatic nitrogens is 5. The number of carbonyl (C=O) groups is 1. The number of carbonyl (C=O) groups excluding carboxylic acids is 1. The number of nitrogens with zero attached hydrogens (tertiary/aromatic N) is 4. The van der Waals surface area contributed by atoms with Gasteiger partial charge in [0.1, 0.15) is 10.9 Å². The molecule has 1 amide bonds. The number of hydrogen-bond donors (Lipinski definition) is 2. The lowest BCUT2D eigenvalue weighted by Gasteiger charge is -2.06. The van der Waals surface area contributed by atoms with Crippen molar-refractivity contribution < 1.29 is 4.79 Å². The van der Waals surface area contributed by atoms with Crippen LogP contribution in [0.4, 0.5) is 5.95 Å². The largest absolute Gasteiger partial charge is 0.288 e. The van der Waals surface area contributed by atoms with Gasteiger partial charge in [-0.2, -0.15) is 5.10 Å². The Labute approximate surface area is 163 Å². The van der Waals surface area contributed by atoms with E-state index in [1.54, 1.807) is 18.2 Å². The van der Waals surface area contributed by atoms with Crippen molar-refractivity contribution in [2.45, 2.75) is 6.54 Å². The predicted molar refractivity (Wildman–Crippen MR) is 97.5 cm³/mol. The van der Waals surface area contributed by atoms with Crippen LogP contribution < -0.4 is 5.32 Å². The van der Waals surface area contributed by atoms with Crippen molar-refractivity contribution in [3.8, 4) is 0 Å². The fourth-order valence-corrected chi connectivity index (χ4v) is 3.04. The van der Waals surface area contributed by atoms with E-state index in [2.05, 4.69) is 57.5 Å². The molecule has 1 aromatic carbocycles. The molecule has 0 aliphatic rings. The number of H-pyrrole nitrogens is 1. The van der Waals surface area contributed by atoms with Crippen LogP contribution in [0.1, 0.15) is 16.1 Å². The summed E-state index contributed by atoms with van der Waals surface area (Å²) >= 11 is 18.7. The maximum Gasteiger partial charge on any atom is 0.279 e. The number of aromatic amines is 1. The zero-order chi connectivity index (χ0) is 17.3. The van der Waals surface area contributed by atoms with E-state index in [0.717, 1.165) is 5.56 Å². The number of nitrogens with one attached hydrogen (secondary N) is 2. The number of benzene rings is 1. The van der Waals surface area contributed by atoms with Crippen LogP contribution in [0.25, 0.3) is 0 Å². The van der Waals surface area contributed by atoms with Gasteiger partial charge in [0, 0.05) is 15.6 Å². The van der Waals surface area contributed by atoms with Gasteiger partial charge in [0.25, 0.3) is 5.91 Å².